The van der Waals surface area contributed by atoms with Crippen LogP contribution in [-0.4, -0.2) is 40.2 Å². The Morgan fingerprint density at radius 3 is 2.88 bits per heavy atom. The van der Waals surface area contributed by atoms with Crippen LogP contribution < -0.4 is 5.32 Å². The number of hydrogen-bond acceptors (Lipinski definition) is 8. The fourth-order valence-corrected chi connectivity index (χ4v) is 6.07. The van der Waals surface area contributed by atoms with Gasteiger partial charge < -0.3 is 19.5 Å². The van der Waals surface area contributed by atoms with Crippen molar-refractivity contribution >= 4 is 49.9 Å². The van der Waals surface area contributed by atoms with Gasteiger partial charge in [0.05, 0.1) is 29.1 Å². The predicted octanol–water partition coefficient (Wildman–Crippen LogP) is 5.09. The quantitative estimate of drug-likeness (QED) is 0.448. The Balaban J connectivity index is 1.55. The molecule has 0 aliphatic carbocycles. The van der Waals surface area contributed by atoms with Crippen molar-refractivity contribution in [2.45, 2.75) is 26.8 Å². The van der Waals surface area contributed by atoms with Gasteiger partial charge in [-0.3, -0.25) is 4.79 Å². The maximum absolute atomic E-state index is 12.8. The average molecular weight is 469 g/mol. The van der Waals surface area contributed by atoms with Crippen LogP contribution in [0.1, 0.15) is 33.6 Å². The molecular weight excluding hydrogens is 448 g/mol. The molecule has 1 aliphatic heterocycles. The van der Waals surface area contributed by atoms with Crippen LogP contribution in [0.5, 0.6) is 0 Å². The van der Waals surface area contributed by atoms with E-state index < -0.39 is 0 Å². The van der Waals surface area contributed by atoms with Gasteiger partial charge in [0.15, 0.2) is 0 Å². The molecule has 0 saturated carbocycles. The molecule has 0 radical (unpaired) electrons. The van der Waals surface area contributed by atoms with Crippen LogP contribution in [-0.2, 0) is 17.7 Å². The molecule has 2 amide bonds. The lowest BCUT2D eigenvalue weighted by atomic mass is 10.0. The van der Waals surface area contributed by atoms with Gasteiger partial charge in [0.1, 0.15) is 10.0 Å². The molecule has 0 fully saturated rings. The number of amides is 2. The van der Waals surface area contributed by atoms with E-state index in [-0.39, 0.29) is 17.8 Å². The van der Waals surface area contributed by atoms with Gasteiger partial charge in [0.2, 0.25) is 5.76 Å². The minimum absolute atomic E-state index is 0.150. The van der Waals surface area contributed by atoms with Crippen LogP contribution in [0.25, 0.3) is 20.8 Å². The first-order chi connectivity index (χ1) is 15.5. The molecule has 4 heterocycles. The van der Waals surface area contributed by atoms with Crippen molar-refractivity contribution < 1.29 is 18.8 Å². The van der Waals surface area contributed by atoms with Crippen molar-refractivity contribution in [2.24, 2.45) is 0 Å². The molecule has 0 atom stereocenters. The van der Waals surface area contributed by atoms with Gasteiger partial charge in [-0.2, -0.15) is 0 Å². The van der Waals surface area contributed by atoms with Gasteiger partial charge in [0, 0.05) is 23.1 Å². The zero-order chi connectivity index (χ0) is 22.2. The number of aromatic nitrogens is 2. The number of hydrogen-bond donors (Lipinski definition) is 1. The van der Waals surface area contributed by atoms with E-state index >= 15 is 0 Å². The lowest BCUT2D eigenvalue weighted by molar-refractivity contribution is 0.0987. The average Bonchev–Trinajstić information content (AvgIpc) is 3.48. The van der Waals surface area contributed by atoms with Crippen molar-refractivity contribution in [3.05, 3.63) is 52.2 Å². The fourth-order valence-electron chi connectivity index (χ4n) is 3.70. The zero-order valence-electron chi connectivity index (χ0n) is 17.5. The summed E-state index contributed by atoms with van der Waals surface area (Å²) in [6.45, 7) is 4.88. The molecule has 164 valence electrons. The molecule has 1 aliphatic rings. The predicted molar refractivity (Wildman–Crippen MR) is 123 cm³/mol. The maximum Gasteiger partial charge on any atom is 0.410 e. The lowest BCUT2D eigenvalue weighted by Crippen LogP contribution is -2.35. The Hall–Kier alpha value is -3.24. The number of rotatable bonds is 4. The molecule has 1 N–H and O–H groups in total. The minimum atomic E-state index is -0.367. The third-order valence-corrected chi connectivity index (χ3v) is 7.36. The highest BCUT2D eigenvalue weighted by Crippen LogP contribution is 2.45. The number of nitrogens with one attached hydrogen (secondary N) is 1. The summed E-state index contributed by atoms with van der Waals surface area (Å²) in [5, 5.41) is 8.33. The third kappa shape index (κ3) is 3.76. The standard InChI is InChI=1S/C22H20N4O4S2/c1-3-29-22(28)26-9-8-13-17(11-26)32-21(24-19(27)15-10-12(2)25-30-15)18(13)20-23-14-6-4-5-7-16(14)31-20/h4-7,10H,3,8-9,11H2,1-2H3,(H,24,27). The normalized spacial score (nSPS) is 13.2. The molecule has 5 rings (SSSR count). The van der Waals surface area contributed by atoms with E-state index in [4.69, 9.17) is 14.2 Å². The zero-order valence-corrected chi connectivity index (χ0v) is 19.1. The lowest BCUT2D eigenvalue weighted by Gasteiger charge is -2.26. The van der Waals surface area contributed by atoms with Gasteiger partial charge in [0.25, 0.3) is 5.91 Å². The molecule has 0 unspecified atom stereocenters. The van der Waals surface area contributed by atoms with Crippen molar-refractivity contribution in [2.75, 3.05) is 18.5 Å². The first kappa shape index (κ1) is 20.7. The monoisotopic (exact) mass is 468 g/mol. The molecule has 3 aromatic heterocycles. The van der Waals surface area contributed by atoms with E-state index in [9.17, 15) is 9.59 Å². The van der Waals surface area contributed by atoms with E-state index in [2.05, 4.69) is 10.5 Å². The van der Waals surface area contributed by atoms with Gasteiger partial charge >= 0.3 is 6.09 Å². The molecular formula is C22H20N4O4S2. The number of thiazole rings is 1. The third-order valence-electron chi connectivity index (χ3n) is 5.17. The highest BCUT2D eigenvalue weighted by Gasteiger charge is 2.30. The Kier molecular flexibility index (Phi) is 5.40. The van der Waals surface area contributed by atoms with E-state index in [1.807, 2.05) is 24.3 Å². The van der Waals surface area contributed by atoms with E-state index in [0.717, 1.165) is 31.2 Å². The van der Waals surface area contributed by atoms with Gasteiger partial charge in [-0.15, -0.1) is 22.7 Å². The minimum Gasteiger partial charge on any atom is -0.450 e. The summed E-state index contributed by atoms with van der Waals surface area (Å²) in [6.07, 6.45) is 0.337. The topological polar surface area (TPSA) is 97.6 Å². The molecule has 10 heteroatoms. The highest BCUT2D eigenvalue weighted by molar-refractivity contribution is 7.23. The van der Waals surface area contributed by atoms with Crippen molar-refractivity contribution in [3.8, 4) is 10.6 Å². The summed E-state index contributed by atoms with van der Waals surface area (Å²) in [6, 6.07) is 9.56. The SMILES string of the molecule is CCOC(=O)N1CCc2c(sc(NC(=O)c3cc(C)no3)c2-c2nc3ccccc3s2)C1. The Bertz CT molecular complexity index is 1290. The van der Waals surface area contributed by atoms with Crippen molar-refractivity contribution in [1.82, 2.24) is 15.0 Å². The molecule has 8 nitrogen and oxygen atoms in total. The first-order valence-electron chi connectivity index (χ1n) is 10.2. The molecule has 0 bridgehead atoms. The number of nitrogens with zero attached hydrogens (tertiary/aromatic N) is 3. The molecule has 0 saturated heterocycles. The molecule has 0 spiro atoms. The Morgan fingerprint density at radius 2 is 2.12 bits per heavy atom. The summed E-state index contributed by atoms with van der Waals surface area (Å²) in [5.41, 5.74) is 3.58. The van der Waals surface area contributed by atoms with Crippen LogP contribution in [0.4, 0.5) is 9.80 Å². The number of benzene rings is 1. The number of aryl methyl sites for hydroxylation is 1. The first-order valence-corrected chi connectivity index (χ1v) is 11.8. The van der Waals surface area contributed by atoms with Gasteiger partial charge in [-0.1, -0.05) is 17.3 Å². The second-order valence-corrected chi connectivity index (χ2v) is 9.49. The number of carbonyl (C=O) groups excluding carboxylic acids is 2. The van der Waals surface area contributed by atoms with Crippen LogP contribution in [0.3, 0.4) is 0 Å². The number of para-hydroxylation sites is 1. The van der Waals surface area contributed by atoms with Crippen LogP contribution in [0.2, 0.25) is 0 Å². The Labute approximate surface area is 191 Å². The summed E-state index contributed by atoms with van der Waals surface area (Å²) < 4.78 is 11.4. The highest BCUT2D eigenvalue weighted by atomic mass is 32.1. The fraction of sp³-hybridized carbons (Fsp3) is 0.273. The van der Waals surface area contributed by atoms with E-state index in [1.54, 1.807) is 36.2 Å². The summed E-state index contributed by atoms with van der Waals surface area (Å²) >= 11 is 3.05. The summed E-state index contributed by atoms with van der Waals surface area (Å²) in [4.78, 5) is 32.6. The summed E-state index contributed by atoms with van der Waals surface area (Å²) in [7, 11) is 0. The van der Waals surface area contributed by atoms with Crippen LogP contribution >= 0.6 is 22.7 Å². The molecule has 1 aromatic carbocycles. The van der Waals surface area contributed by atoms with Crippen molar-refractivity contribution in [1.29, 1.82) is 0 Å². The molecule has 4 aromatic rings. The van der Waals surface area contributed by atoms with E-state index in [0.29, 0.717) is 36.8 Å². The number of ether oxygens (including phenoxy) is 1. The Morgan fingerprint density at radius 1 is 1.28 bits per heavy atom. The number of anilines is 1. The van der Waals surface area contributed by atoms with E-state index in [1.165, 1.54) is 11.3 Å². The molecule has 32 heavy (non-hydrogen) atoms. The summed E-state index contributed by atoms with van der Waals surface area (Å²) in [5.74, 6) is -0.217. The second-order valence-electron chi connectivity index (χ2n) is 7.35. The van der Waals surface area contributed by atoms with Crippen LogP contribution in [0, 0.1) is 6.92 Å². The van der Waals surface area contributed by atoms with Crippen molar-refractivity contribution in [3.63, 3.8) is 0 Å². The number of fused-ring (bicyclic) bond motifs is 2. The van der Waals surface area contributed by atoms with Crippen LogP contribution in [0.15, 0.2) is 34.9 Å². The maximum atomic E-state index is 12.8. The smallest absolute Gasteiger partial charge is 0.410 e. The second kappa shape index (κ2) is 8.36. The number of carbonyl (C=O) groups is 2. The van der Waals surface area contributed by atoms with Gasteiger partial charge in [-0.25, -0.2) is 9.78 Å². The van der Waals surface area contributed by atoms with Gasteiger partial charge in [-0.05, 0) is 38.0 Å². The largest absolute Gasteiger partial charge is 0.450 e. The number of thiophene rings is 1.